The molecule has 3 aromatic rings. The van der Waals surface area contributed by atoms with Crippen LogP contribution in [0.3, 0.4) is 0 Å². The molecule has 0 radical (unpaired) electrons. The number of anilines is 2. The van der Waals surface area contributed by atoms with Gasteiger partial charge in [-0.3, -0.25) is 9.59 Å². The fourth-order valence-electron chi connectivity index (χ4n) is 2.48. The summed E-state index contributed by atoms with van der Waals surface area (Å²) in [5.41, 5.74) is 1.41. The fourth-order valence-corrected chi connectivity index (χ4v) is 2.66. The van der Waals surface area contributed by atoms with Gasteiger partial charge >= 0.3 is 0 Å². The smallest absolute Gasteiger partial charge is 0.265 e. The highest BCUT2D eigenvalue weighted by Crippen LogP contribution is 2.19. The van der Waals surface area contributed by atoms with Gasteiger partial charge in [0.05, 0.1) is 0 Å². The fraction of sp³-hybridized carbons (Fsp3) is 0.0909. The minimum atomic E-state index is -0.741. The Hall–Kier alpha value is -3.38. The molecular weight excluding hydrogens is 395 g/mol. The molecule has 0 aliphatic carbocycles. The van der Waals surface area contributed by atoms with Gasteiger partial charge < -0.3 is 15.4 Å². The van der Waals surface area contributed by atoms with Crippen LogP contribution in [0.1, 0.15) is 17.3 Å². The molecule has 3 rings (SSSR count). The van der Waals surface area contributed by atoms with E-state index in [0.29, 0.717) is 27.7 Å². The monoisotopic (exact) mass is 412 g/mol. The van der Waals surface area contributed by atoms with Crippen molar-refractivity contribution in [3.8, 4) is 5.75 Å². The summed E-state index contributed by atoms with van der Waals surface area (Å²) in [5.74, 6) is -0.565. The van der Waals surface area contributed by atoms with Crippen LogP contribution < -0.4 is 15.4 Å². The number of hydrogen-bond acceptors (Lipinski definition) is 3. The lowest BCUT2D eigenvalue weighted by Crippen LogP contribution is -2.30. The van der Waals surface area contributed by atoms with Crippen LogP contribution in [-0.4, -0.2) is 17.9 Å². The molecule has 29 heavy (non-hydrogen) atoms. The molecule has 0 fully saturated rings. The first kappa shape index (κ1) is 20.4. The molecule has 2 amide bonds. The Balaban J connectivity index is 1.57. The molecule has 7 heteroatoms. The summed E-state index contributed by atoms with van der Waals surface area (Å²) < 4.78 is 18.5. The van der Waals surface area contributed by atoms with Gasteiger partial charge in [0.15, 0.2) is 6.10 Å². The zero-order valence-corrected chi connectivity index (χ0v) is 16.2. The van der Waals surface area contributed by atoms with E-state index in [1.165, 1.54) is 24.3 Å². The van der Waals surface area contributed by atoms with Gasteiger partial charge in [-0.15, -0.1) is 0 Å². The third-order valence-corrected chi connectivity index (χ3v) is 4.23. The predicted octanol–water partition coefficient (Wildman–Crippen LogP) is 5.14. The molecule has 2 N–H and O–H groups in total. The molecule has 3 aromatic carbocycles. The van der Waals surface area contributed by atoms with Crippen molar-refractivity contribution in [2.24, 2.45) is 0 Å². The minimum absolute atomic E-state index is 0.339. The maximum atomic E-state index is 12.9. The van der Waals surface area contributed by atoms with E-state index in [4.69, 9.17) is 16.3 Å². The molecule has 1 atom stereocenters. The Labute approximate surface area is 172 Å². The second-order valence-electron chi connectivity index (χ2n) is 6.25. The predicted molar refractivity (Wildman–Crippen MR) is 111 cm³/mol. The zero-order valence-electron chi connectivity index (χ0n) is 15.5. The SMILES string of the molecule is C[C@@H](Oc1cccc(Cl)c1)C(=O)Nc1ccc(C(=O)Nc2ccc(F)cc2)cc1. The van der Waals surface area contributed by atoms with Crippen molar-refractivity contribution in [3.05, 3.63) is 89.2 Å². The molecule has 0 saturated heterocycles. The number of nitrogens with one attached hydrogen (secondary N) is 2. The zero-order chi connectivity index (χ0) is 20.8. The van der Waals surface area contributed by atoms with Gasteiger partial charge in [-0.1, -0.05) is 17.7 Å². The number of ether oxygens (including phenoxy) is 1. The molecule has 0 aliphatic rings. The van der Waals surface area contributed by atoms with E-state index in [1.807, 2.05) is 0 Å². The summed E-state index contributed by atoms with van der Waals surface area (Å²) >= 11 is 5.91. The van der Waals surface area contributed by atoms with Crippen molar-refractivity contribution >= 4 is 34.8 Å². The lowest BCUT2D eigenvalue weighted by atomic mass is 10.2. The third-order valence-electron chi connectivity index (χ3n) is 3.99. The highest BCUT2D eigenvalue weighted by molar-refractivity contribution is 6.30. The van der Waals surface area contributed by atoms with Crippen LogP contribution in [0, 0.1) is 5.82 Å². The summed E-state index contributed by atoms with van der Waals surface area (Å²) in [7, 11) is 0. The molecule has 5 nitrogen and oxygen atoms in total. The van der Waals surface area contributed by atoms with E-state index in [9.17, 15) is 14.0 Å². The van der Waals surface area contributed by atoms with E-state index in [0.717, 1.165) is 0 Å². The Morgan fingerprint density at radius 2 is 1.55 bits per heavy atom. The van der Waals surface area contributed by atoms with E-state index in [-0.39, 0.29) is 17.6 Å². The number of carbonyl (C=O) groups excluding carboxylic acids is 2. The van der Waals surface area contributed by atoms with Crippen molar-refractivity contribution in [3.63, 3.8) is 0 Å². The number of amides is 2. The Bertz CT molecular complexity index is 1010. The molecule has 0 spiro atoms. The van der Waals surface area contributed by atoms with Gasteiger partial charge in [0.2, 0.25) is 0 Å². The van der Waals surface area contributed by atoms with Crippen LogP contribution >= 0.6 is 11.6 Å². The number of halogens is 2. The molecule has 0 aliphatic heterocycles. The molecule has 0 heterocycles. The number of rotatable bonds is 6. The van der Waals surface area contributed by atoms with Crippen molar-refractivity contribution in [1.82, 2.24) is 0 Å². The van der Waals surface area contributed by atoms with Crippen LogP contribution in [0.15, 0.2) is 72.8 Å². The average Bonchev–Trinajstić information content (AvgIpc) is 2.70. The lowest BCUT2D eigenvalue weighted by Gasteiger charge is -2.15. The van der Waals surface area contributed by atoms with Crippen molar-refractivity contribution in [1.29, 1.82) is 0 Å². The molecule has 0 saturated carbocycles. The van der Waals surface area contributed by atoms with E-state index in [1.54, 1.807) is 55.5 Å². The summed E-state index contributed by atoms with van der Waals surface area (Å²) in [6.45, 7) is 1.63. The Morgan fingerprint density at radius 1 is 0.931 bits per heavy atom. The highest BCUT2D eigenvalue weighted by Gasteiger charge is 2.15. The van der Waals surface area contributed by atoms with Crippen molar-refractivity contribution in [2.75, 3.05) is 10.6 Å². The maximum absolute atomic E-state index is 12.9. The van der Waals surface area contributed by atoms with Gasteiger partial charge in [-0.05, 0) is 73.7 Å². The van der Waals surface area contributed by atoms with E-state index in [2.05, 4.69) is 10.6 Å². The summed E-state index contributed by atoms with van der Waals surface area (Å²) in [5, 5.41) is 5.92. The van der Waals surface area contributed by atoms with Gasteiger partial charge in [0.1, 0.15) is 11.6 Å². The number of benzene rings is 3. The topological polar surface area (TPSA) is 67.4 Å². The summed E-state index contributed by atoms with van der Waals surface area (Å²) in [4.78, 5) is 24.6. The molecule has 0 bridgehead atoms. The minimum Gasteiger partial charge on any atom is -0.481 e. The Kier molecular flexibility index (Phi) is 6.46. The van der Waals surface area contributed by atoms with Crippen LogP contribution in [0.5, 0.6) is 5.75 Å². The quantitative estimate of drug-likeness (QED) is 0.589. The first-order chi connectivity index (χ1) is 13.9. The summed E-state index contributed by atoms with van der Waals surface area (Å²) in [6.07, 6.45) is -0.741. The van der Waals surface area contributed by atoms with Crippen LogP contribution in [0.25, 0.3) is 0 Å². The molecule has 0 unspecified atom stereocenters. The number of hydrogen-bond donors (Lipinski definition) is 2. The molecule has 0 aromatic heterocycles. The molecular formula is C22H18ClFN2O3. The second-order valence-corrected chi connectivity index (χ2v) is 6.68. The van der Waals surface area contributed by atoms with Crippen LogP contribution in [-0.2, 0) is 4.79 Å². The largest absolute Gasteiger partial charge is 0.481 e. The van der Waals surface area contributed by atoms with Gasteiger partial charge in [-0.25, -0.2) is 4.39 Å². The maximum Gasteiger partial charge on any atom is 0.265 e. The van der Waals surface area contributed by atoms with Gasteiger partial charge in [-0.2, -0.15) is 0 Å². The first-order valence-corrected chi connectivity index (χ1v) is 9.18. The normalized spacial score (nSPS) is 11.4. The van der Waals surface area contributed by atoms with Gasteiger partial charge in [0, 0.05) is 22.0 Å². The highest BCUT2D eigenvalue weighted by atomic mass is 35.5. The van der Waals surface area contributed by atoms with E-state index < -0.39 is 6.10 Å². The van der Waals surface area contributed by atoms with Crippen LogP contribution in [0.4, 0.5) is 15.8 Å². The molecule has 148 valence electrons. The van der Waals surface area contributed by atoms with Crippen molar-refractivity contribution in [2.45, 2.75) is 13.0 Å². The standard InChI is InChI=1S/C22H18ClFN2O3/c1-14(29-20-4-2-3-16(23)13-20)21(27)25-18-9-5-15(6-10-18)22(28)26-19-11-7-17(24)8-12-19/h2-14H,1H3,(H,25,27)(H,26,28)/t14-/m1/s1. The van der Waals surface area contributed by atoms with Crippen molar-refractivity contribution < 1.29 is 18.7 Å². The third kappa shape index (κ3) is 5.80. The van der Waals surface area contributed by atoms with Gasteiger partial charge in [0.25, 0.3) is 11.8 Å². The first-order valence-electron chi connectivity index (χ1n) is 8.81. The number of carbonyl (C=O) groups is 2. The Morgan fingerprint density at radius 3 is 2.21 bits per heavy atom. The average molecular weight is 413 g/mol. The second kappa shape index (κ2) is 9.21. The van der Waals surface area contributed by atoms with E-state index >= 15 is 0 Å². The van der Waals surface area contributed by atoms with Crippen LogP contribution in [0.2, 0.25) is 5.02 Å². The summed E-state index contributed by atoms with van der Waals surface area (Å²) in [6, 6.07) is 18.7. The lowest BCUT2D eigenvalue weighted by molar-refractivity contribution is -0.122.